The van der Waals surface area contributed by atoms with Gasteiger partial charge in [-0.25, -0.2) is 0 Å². The van der Waals surface area contributed by atoms with Crippen LogP contribution in [0, 0.1) is 0 Å². The van der Waals surface area contributed by atoms with Crippen LogP contribution in [0.2, 0.25) is 10.0 Å². The lowest BCUT2D eigenvalue weighted by Crippen LogP contribution is -2.14. The van der Waals surface area contributed by atoms with Gasteiger partial charge in [-0.15, -0.1) is 11.8 Å². The van der Waals surface area contributed by atoms with Gasteiger partial charge in [-0.1, -0.05) is 53.5 Å². The molecule has 0 atom stereocenters. The van der Waals surface area contributed by atoms with E-state index in [2.05, 4.69) is 10.6 Å². The zero-order valence-corrected chi connectivity index (χ0v) is 19.1. The summed E-state index contributed by atoms with van der Waals surface area (Å²) in [5.74, 6) is -0.146. The molecule has 0 aliphatic carbocycles. The molecule has 0 aromatic heterocycles. The van der Waals surface area contributed by atoms with Crippen molar-refractivity contribution in [3.05, 3.63) is 101 Å². The molecule has 4 nitrogen and oxygen atoms in total. The van der Waals surface area contributed by atoms with Crippen LogP contribution in [0.4, 0.5) is 11.4 Å². The minimum absolute atomic E-state index is 0.172. The minimum Gasteiger partial charge on any atom is -0.324 e. The van der Waals surface area contributed by atoms with Crippen molar-refractivity contribution in [1.82, 2.24) is 0 Å². The fraction of sp³-hybridized carbons (Fsp3) is 0.0400. The number of anilines is 2. The van der Waals surface area contributed by atoms with Crippen molar-refractivity contribution in [3.8, 4) is 0 Å². The summed E-state index contributed by atoms with van der Waals surface area (Å²) in [4.78, 5) is 25.7. The van der Waals surface area contributed by atoms with Crippen molar-refractivity contribution in [2.75, 3.05) is 16.4 Å². The van der Waals surface area contributed by atoms with Crippen molar-refractivity contribution in [2.45, 2.75) is 4.90 Å². The van der Waals surface area contributed by atoms with Gasteiger partial charge in [-0.3, -0.25) is 9.59 Å². The van der Waals surface area contributed by atoms with Crippen molar-refractivity contribution in [2.24, 2.45) is 0 Å². The van der Waals surface area contributed by atoms with E-state index in [1.165, 1.54) is 11.8 Å². The molecule has 2 N–H and O–H groups in total. The van der Waals surface area contributed by atoms with Gasteiger partial charge < -0.3 is 10.6 Å². The molecular formula is C25H18Cl2N2O2S. The number of thioether (sulfide) groups is 1. The summed E-state index contributed by atoms with van der Waals surface area (Å²) < 4.78 is 0. The Morgan fingerprint density at radius 2 is 1.53 bits per heavy atom. The molecule has 2 amide bonds. The van der Waals surface area contributed by atoms with Gasteiger partial charge in [0.15, 0.2) is 0 Å². The van der Waals surface area contributed by atoms with E-state index in [0.717, 1.165) is 15.7 Å². The predicted octanol–water partition coefficient (Wildman–Crippen LogP) is 7.13. The summed E-state index contributed by atoms with van der Waals surface area (Å²) in [6, 6.07) is 25.8. The van der Waals surface area contributed by atoms with E-state index in [9.17, 15) is 9.59 Å². The Bertz CT molecular complexity index is 1290. The minimum atomic E-state index is -0.187. The van der Waals surface area contributed by atoms with Crippen LogP contribution >= 0.6 is 35.0 Å². The van der Waals surface area contributed by atoms with E-state index < -0.39 is 0 Å². The van der Waals surface area contributed by atoms with E-state index in [4.69, 9.17) is 23.2 Å². The highest BCUT2D eigenvalue weighted by atomic mass is 35.5. The lowest BCUT2D eigenvalue weighted by molar-refractivity contribution is -0.113. The van der Waals surface area contributed by atoms with Crippen molar-refractivity contribution in [3.63, 3.8) is 0 Å². The Hall–Kier alpha value is -2.99. The molecule has 0 unspecified atom stereocenters. The first-order chi connectivity index (χ1) is 15.5. The summed E-state index contributed by atoms with van der Waals surface area (Å²) in [5.41, 5.74) is 1.76. The number of halogens is 2. The maximum Gasteiger partial charge on any atom is 0.255 e. The number of rotatable bonds is 6. The van der Waals surface area contributed by atoms with Gasteiger partial charge in [0.1, 0.15) is 0 Å². The second kappa shape index (κ2) is 10.1. The van der Waals surface area contributed by atoms with Crippen LogP contribution in [0.5, 0.6) is 0 Å². The molecule has 4 aromatic rings. The zero-order chi connectivity index (χ0) is 22.5. The lowest BCUT2D eigenvalue weighted by Gasteiger charge is -2.09. The van der Waals surface area contributed by atoms with Gasteiger partial charge in [0.2, 0.25) is 5.91 Å². The molecular weight excluding hydrogens is 463 g/mol. The van der Waals surface area contributed by atoms with Crippen molar-refractivity contribution < 1.29 is 9.59 Å². The lowest BCUT2D eigenvalue weighted by atomic mass is 10.1. The molecule has 0 bridgehead atoms. The number of hydrogen-bond acceptors (Lipinski definition) is 3. The number of carbonyl (C=O) groups excluding carboxylic acids is 2. The average Bonchev–Trinajstić information content (AvgIpc) is 2.80. The number of hydrogen-bond donors (Lipinski definition) is 2. The standard InChI is InChI=1S/C25H18Cl2N2O2S/c26-19-7-12-22(27)23(14-19)29-24(30)15-32-21-10-8-20(9-11-21)28-25(31)18-6-5-16-3-1-2-4-17(16)13-18/h1-14H,15H2,(H,28,31)(H,29,30). The average molecular weight is 481 g/mol. The largest absolute Gasteiger partial charge is 0.324 e. The van der Waals surface area contributed by atoms with Crippen LogP contribution in [0.1, 0.15) is 10.4 Å². The molecule has 0 saturated heterocycles. The molecule has 160 valence electrons. The summed E-state index contributed by atoms with van der Waals surface area (Å²) >= 11 is 13.4. The van der Waals surface area contributed by atoms with Crippen LogP contribution in [0.3, 0.4) is 0 Å². The van der Waals surface area contributed by atoms with E-state index in [0.29, 0.717) is 27.0 Å². The normalized spacial score (nSPS) is 10.7. The van der Waals surface area contributed by atoms with Crippen molar-refractivity contribution in [1.29, 1.82) is 0 Å². The van der Waals surface area contributed by atoms with Crippen LogP contribution in [0.15, 0.2) is 89.8 Å². The molecule has 0 spiro atoms. The van der Waals surface area contributed by atoms with E-state index >= 15 is 0 Å². The molecule has 0 aliphatic rings. The Balaban J connectivity index is 1.33. The van der Waals surface area contributed by atoms with Crippen LogP contribution in [-0.2, 0) is 4.79 Å². The molecule has 0 radical (unpaired) electrons. The predicted molar refractivity (Wildman–Crippen MR) is 134 cm³/mol. The van der Waals surface area contributed by atoms with Crippen LogP contribution < -0.4 is 10.6 Å². The van der Waals surface area contributed by atoms with Gasteiger partial charge in [0.05, 0.1) is 16.5 Å². The molecule has 0 fully saturated rings. The Morgan fingerprint density at radius 1 is 0.781 bits per heavy atom. The van der Waals surface area contributed by atoms with Gasteiger partial charge in [-0.05, 0) is 65.4 Å². The fourth-order valence-electron chi connectivity index (χ4n) is 3.10. The number of fused-ring (bicyclic) bond motifs is 1. The molecule has 0 saturated carbocycles. The zero-order valence-electron chi connectivity index (χ0n) is 16.8. The molecule has 0 aliphatic heterocycles. The first-order valence-corrected chi connectivity index (χ1v) is 11.5. The smallest absolute Gasteiger partial charge is 0.255 e. The number of amides is 2. The van der Waals surface area contributed by atoms with E-state index in [1.54, 1.807) is 18.2 Å². The Morgan fingerprint density at radius 3 is 2.31 bits per heavy atom. The Kier molecular flexibility index (Phi) is 7.00. The maximum atomic E-state index is 12.6. The maximum absolute atomic E-state index is 12.6. The number of benzene rings is 4. The summed E-state index contributed by atoms with van der Waals surface area (Å²) in [6.45, 7) is 0. The summed E-state index contributed by atoms with van der Waals surface area (Å²) in [7, 11) is 0. The molecule has 4 rings (SSSR count). The highest BCUT2D eigenvalue weighted by molar-refractivity contribution is 8.00. The van der Waals surface area contributed by atoms with E-state index in [1.807, 2.05) is 66.7 Å². The van der Waals surface area contributed by atoms with Crippen LogP contribution in [0.25, 0.3) is 10.8 Å². The van der Waals surface area contributed by atoms with E-state index in [-0.39, 0.29) is 17.6 Å². The number of nitrogens with one attached hydrogen (secondary N) is 2. The fourth-order valence-corrected chi connectivity index (χ4v) is 4.13. The summed E-state index contributed by atoms with van der Waals surface area (Å²) in [5, 5.41) is 8.70. The topological polar surface area (TPSA) is 58.2 Å². The van der Waals surface area contributed by atoms with Gasteiger partial charge in [0.25, 0.3) is 5.91 Å². The third-order valence-corrected chi connectivity index (χ3v) is 6.27. The number of carbonyl (C=O) groups is 2. The monoisotopic (exact) mass is 480 g/mol. The quantitative estimate of drug-likeness (QED) is 0.288. The molecule has 32 heavy (non-hydrogen) atoms. The third kappa shape index (κ3) is 5.62. The SMILES string of the molecule is O=C(CSc1ccc(NC(=O)c2ccc3ccccc3c2)cc1)Nc1cc(Cl)ccc1Cl. The third-order valence-electron chi connectivity index (χ3n) is 4.70. The van der Waals surface area contributed by atoms with Crippen LogP contribution in [-0.4, -0.2) is 17.6 Å². The van der Waals surface area contributed by atoms with Gasteiger partial charge in [-0.2, -0.15) is 0 Å². The highest BCUT2D eigenvalue weighted by Gasteiger charge is 2.09. The van der Waals surface area contributed by atoms with Gasteiger partial charge in [0, 0.05) is 21.2 Å². The molecule has 4 aromatic carbocycles. The first kappa shape index (κ1) is 22.2. The van der Waals surface area contributed by atoms with Crippen molar-refractivity contribution >= 4 is 68.9 Å². The first-order valence-electron chi connectivity index (χ1n) is 9.76. The highest BCUT2D eigenvalue weighted by Crippen LogP contribution is 2.26. The Labute approximate surface area is 199 Å². The molecule has 7 heteroatoms. The summed E-state index contributed by atoms with van der Waals surface area (Å²) in [6.07, 6.45) is 0. The second-order valence-corrected chi connectivity index (χ2v) is 8.89. The second-order valence-electron chi connectivity index (χ2n) is 7.00. The van der Waals surface area contributed by atoms with Gasteiger partial charge >= 0.3 is 0 Å². The molecule has 0 heterocycles.